The molecule has 0 aliphatic carbocycles. The molecule has 1 N–H and O–H groups in total. The first-order valence-corrected chi connectivity index (χ1v) is 11.0. The zero-order chi connectivity index (χ0) is 23.6. The van der Waals surface area contributed by atoms with Gasteiger partial charge in [-0.2, -0.15) is 17.5 Å². The number of nitrogens with one attached hydrogen (secondary N) is 1. The summed E-state index contributed by atoms with van der Waals surface area (Å²) in [4.78, 5) is 25.3. The summed E-state index contributed by atoms with van der Waals surface area (Å²) in [6.45, 7) is 6.45. The van der Waals surface area contributed by atoms with Crippen LogP contribution in [-0.4, -0.2) is 67.4 Å². The van der Waals surface area contributed by atoms with Crippen LogP contribution in [0.1, 0.15) is 33.3 Å². The Kier molecular flexibility index (Phi) is 7.26. The van der Waals surface area contributed by atoms with Crippen LogP contribution in [0.5, 0.6) is 0 Å². The number of sulfonamides is 1. The maximum atomic E-state index is 12.9. The van der Waals surface area contributed by atoms with E-state index in [4.69, 9.17) is 4.74 Å². The number of carbonyl (C=O) groups excluding carboxylic acids is 2. The third kappa shape index (κ3) is 6.57. The normalized spacial score (nSPS) is 17.2. The Morgan fingerprint density at radius 2 is 1.68 bits per heavy atom. The van der Waals surface area contributed by atoms with Gasteiger partial charge in [-0.1, -0.05) is 6.07 Å². The minimum atomic E-state index is -4.66. The molecule has 8 nitrogen and oxygen atoms in total. The van der Waals surface area contributed by atoms with Crippen LogP contribution in [0.3, 0.4) is 0 Å². The largest absolute Gasteiger partial charge is 0.444 e. The molecule has 2 rings (SSSR count). The lowest BCUT2D eigenvalue weighted by Gasteiger charge is -2.35. The van der Waals surface area contributed by atoms with Crippen LogP contribution in [0, 0.1) is 0 Å². The van der Waals surface area contributed by atoms with Crippen molar-refractivity contribution in [2.24, 2.45) is 0 Å². The van der Waals surface area contributed by atoms with Crippen molar-refractivity contribution in [2.75, 3.05) is 26.2 Å². The molecule has 1 aliphatic rings. The lowest BCUT2D eigenvalue weighted by Crippen LogP contribution is -2.55. The number of nitrogens with zero attached hydrogens (tertiary/aromatic N) is 2. The van der Waals surface area contributed by atoms with Gasteiger partial charge >= 0.3 is 12.3 Å². The summed E-state index contributed by atoms with van der Waals surface area (Å²) < 4.78 is 70.3. The summed E-state index contributed by atoms with van der Waals surface area (Å²) >= 11 is 0. The van der Waals surface area contributed by atoms with E-state index in [2.05, 4.69) is 5.32 Å². The van der Waals surface area contributed by atoms with Crippen molar-refractivity contribution < 1.29 is 35.9 Å². The van der Waals surface area contributed by atoms with E-state index >= 15 is 0 Å². The van der Waals surface area contributed by atoms with Crippen LogP contribution in [0.4, 0.5) is 18.0 Å². The topological polar surface area (TPSA) is 96.0 Å². The number of alkyl carbamates (subject to hydrolysis) is 1. The highest BCUT2D eigenvalue weighted by atomic mass is 32.2. The average molecular weight is 465 g/mol. The molecule has 1 fully saturated rings. The van der Waals surface area contributed by atoms with Gasteiger partial charge in [-0.3, -0.25) is 4.79 Å². The molecule has 0 radical (unpaired) electrons. The number of halogens is 3. The Morgan fingerprint density at radius 3 is 2.19 bits per heavy atom. The van der Waals surface area contributed by atoms with Crippen molar-refractivity contribution in [3.8, 4) is 0 Å². The van der Waals surface area contributed by atoms with E-state index in [9.17, 15) is 31.2 Å². The quantitative estimate of drug-likeness (QED) is 0.737. The third-order valence-corrected chi connectivity index (χ3v) is 6.35. The second kappa shape index (κ2) is 9.03. The summed E-state index contributed by atoms with van der Waals surface area (Å²) in [5, 5.41) is 2.43. The molecule has 1 saturated heterocycles. The highest BCUT2D eigenvalue weighted by Gasteiger charge is 2.35. The molecular formula is C19H26F3N3O5S. The second-order valence-corrected chi connectivity index (χ2v) is 10.1. The van der Waals surface area contributed by atoms with E-state index in [1.807, 2.05) is 0 Å². The fourth-order valence-corrected chi connectivity index (χ4v) is 4.42. The first-order valence-electron chi connectivity index (χ1n) is 9.57. The Bertz CT molecular complexity index is 920. The van der Waals surface area contributed by atoms with Crippen molar-refractivity contribution in [3.63, 3.8) is 0 Å². The minimum absolute atomic E-state index is 0.0391. The summed E-state index contributed by atoms with van der Waals surface area (Å²) in [7, 11) is -4.15. The molecule has 0 bridgehead atoms. The van der Waals surface area contributed by atoms with E-state index in [0.29, 0.717) is 6.07 Å². The van der Waals surface area contributed by atoms with Crippen molar-refractivity contribution in [1.29, 1.82) is 0 Å². The summed E-state index contributed by atoms with van der Waals surface area (Å²) in [5.41, 5.74) is -1.78. The van der Waals surface area contributed by atoms with E-state index in [0.717, 1.165) is 22.5 Å². The monoisotopic (exact) mass is 465 g/mol. The molecule has 0 saturated carbocycles. The molecule has 1 aromatic carbocycles. The average Bonchev–Trinajstić information content (AvgIpc) is 2.65. The molecule has 0 aromatic heterocycles. The van der Waals surface area contributed by atoms with Crippen LogP contribution in [-0.2, 0) is 25.7 Å². The van der Waals surface area contributed by atoms with Gasteiger partial charge in [-0.25, -0.2) is 13.2 Å². The Labute approximate surface area is 179 Å². The van der Waals surface area contributed by atoms with Crippen molar-refractivity contribution in [1.82, 2.24) is 14.5 Å². The number of alkyl halides is 3. The molecule has 1 atom stereocenters. The van der Waals surface area contributed by atoms with Gasteiger partial charge in [0.15, 0.2) is 0 Å². The lowest BCUT2D eigenvalue weighted by molar-refractivity contribution is -0.137. The predicted octanol–water partition coefficient (Wildman–Crippen LogP) is 2.45. The van der Waals surface area contributed by atoms with E-state index in [1.165, 1.54) is 11.8 Å². The number of hydrogen-bond donors (Lipinski definition) is 1. The van der Waals surface area contributed by atoms with Gasteiger partial charge in [0, 0.05) is 26.2 Å². The molecule has 2 amide bonds. The third-order valence-electron chi connectivity index (χ3n) is 4.45. The maximum Gasteiger partial charge on any atom is 0.416 e. The molecule has 0 unspecified atom stereocenters. The van der Waals surface area contributed by atoms with Gasteiger partial charge in [-0.05, 0) is 45.9 Å². The van der Waals surface area contributed by atoms with E-state index < -0.39 is 50.3 Å². The van der Waals surface area contributed by atoms with Crippen molar-refractivity contribution >= 4 is 22.0 Å². The SMILES string of the molecule is C[C@@H](NC(=O)OC(C)(C)C)C(=O)N1CCN(S(=O)(=O)c2cccc(C(F)(F)F)c2)CC1. The smallest absolute Gasteiger partial charge is 0.416 e. The first kappa shape index (κ1) is 24.9. The fraction of sp³-hybridized carbons (Fsp3) is 0.579. The fourth-order valence-electron chi connectivity index (χ4n) is 2.95. The highest BCUT2D eigenvalue weighted by molar-refractivity contribution is 7.89. The van der Waals surface area contributed by atoms with Crippen molar-refractivity contribution in [3.05, 3.63) is 29.8 Å². The number of hydrogen-bond acceptors (Lipinski definition) is 5. The van der Waals surface area contributed by atoms with Crippen LogP contribution in [0.15, 0.2) is 29.2 Å². The zero-order valence-electron chi connectivity index (χ0n) is 17.7. The van der Waals surface area contributed by atoms with Gasteiger partial charge in [0.05, 0.1) is 10.5 Å². The lowest BCUT2D eigenvalue weighted by atomic mass is 10.2. The number of amides is 2. The second-order valence-electron chi connectivity index (χ2n) is 8.12. The predicted molar refractivity (Wildman–Crippen MR) is 106 cm³/mol. The van der Waals surface area contributed by atoms with Gasteiger partial charge < -0.3 is 15.0 Å². The van der Waals surface area contributed by atoms with E-state index in [-0.39, 0.29) is 26.2 Å². The Hall–Kier alpha value is -2.34. The van der Waals surface area contributed by atoms with Crippen LogP contribution >= 0.6 is 0 Å². The molecule has 174 valence electrons. The van der Waals surface area contributed by atoms with Gasteiger partial charge in [0.25, 0.3) is 0 Å². The van der Waals surface area contributed by atoms with Crippen LogP contribution < -0.4 is 5.32 Å². The molecule has 0 spiro atoms. The number of piperazine rings is 1. The van der Waals surface area contributed by atoms with Gasteiger partial charge in [-0.15, -0.1) is 0 Å². The maximum absolute atomic E-state index is 12.9. The Morgan fingerprint density at radius 1 is 1.10 bits per heavy atom. The van der Waals surface area contributed by atoms with Gasteiger partial charge in [0.2, 0.25) is 15.9 Å². The Balaban J connectivity index is 2.00. The summed E-state index contributed by atoms with van der Waals surface area (Å²) in [6.07, 6.45) is -5.41. The minimum Gasteiger partial charge on any atom is -0.444 e. The molecule has 1 aliphatic heterocycles. The molecular weight excluding hydrogens is 439 g/mol. The number of rotatable bonds is 4. The summed E-state index contributed by atoms with van der Waals surface area (Å²) in [6, 6.07) is 2.66. The molecule has 12 heteroatoms. The number of benzene rings is 1. The zero-order valence-corrected chi connectivity index (χ0v) is 18.5. The standard InChI is InChI=1S/C19H26F3N3O5S/c1-13(23-17(27)30-18(2,3)4)16(26)24-8-10-25(11-9-24)31(28,29)15-7-5-6-14(12-15)19(20,21)22/h5-7,12-13H,8-11H2,1-4H3,(H,23,27)/t13-/m1/s1. The van der Waals surface area contributed by atoms with Gasteiger partial charge in [0.1, 0.15) is 11.6 Å². The molecule has 1 aromatic rings. The molecule has 1 heterocycles. The van der Waals surface area contributed by atoms with E-state index in [1.54, 1.807) is 20.8 Å². The number of ether oxygens (including phenoxy) is 1. The first-order chi connectivity index (χ1) is 14.1. The highest BCUT2D eigenvalue weighted by Crippen LogP contribution is 2.31. The van der Waals surface area contributed by atoms with Crippen molar-refractivity contribution in [2.45, 2.75) is 50.4 Å². The van der Waals surface area contributed by atoms with Crippen LogP contribution in [0.25, 0.3) is 0 Å². The number of carbonyl (C=O) groups is 2. The molecule has 31 heavy (non-hydrogen) atoms. The summed E-state index contributed by atoms with van der Waals surface area (Å²) in [5.74, 6) is -0.415. The van der Waals surface area contributed by atoms with Crippen LogP contribution in [0.2, 0.25) is 0 Å².